The van der Waals surface area contributed by atoms with Crippen molar-refractivity contribution in [2.45, 2.75) is 12.8 Å². The zero-order valence-electron chi connectivity index (χ0n) is 8.53. The normalized spacial score (nSPS) is 26.7. The molecule has 2 atom stereocenters. The number of benzene rings is 1. The molecule has 0 unspecified atom stereocenters. The number of aliphatic hydroxyl groups excluding tert-OH is 1. The summed E-state index contributed by atoms with van der Waals surface area (Å²) in [7, 11) is 0. The smallest absolute Gasteiger partial charge is 0.0477 e. The maximum absolute atomic E-state index is 9.21. The molecule has 0 aromatic heterocycles. The molecule has 2 N–H and O–H groups in total. The van der Waals surface area contributed by atoms with Crippen LogP contribution in [0.1, 0.15) is 17.0 Å². The van der Waals surface area contributed by atoms with Gasteiger partial charge >= 0.3 is 0 Å². The third kappa shape index (κ3) is 1.81. The summed E-state index contributed by atoms with van der Waals surface area (Å²) in [5.74, 6) is 0.873. The highest BCUT2D eigenvalue weighted by atomic mass is 16.3. The number of aryl methyl sites for hydroxylation is 1. The van der Waals surface area contributed by atoms with Crippen molar-refractivity contribution in [2.24, 2.45) is 5.92 Å². The van der Waals surface area contributed by atoms with E-state index in [-0.39, 0.29) is 6.61 Å². The Labute approximate surface area is 85.0 Å². The molecular weight excluding hydrogens is 174 g/mol. The molecule has 0 amide bonds. The van der Waals surface area contributed by atoms with Crippen molar-refractivity contribution in [2.75, 3.05) is 19.7 Å². The van der Waals surface area contributed by atoms with Gasteiger partial charge in [-0.2, -0.15) is 0 Å². The molecule has 1 fully saturated rings. The predicted molar refractivity (Wildman–Crippen MR) is 57.4 cm³/mol. The first kappa shape index (κ1) is 9.69. The molecule has 2 heteroatoms. The van der Waals surface area contributed by atoms with Crippen molar-refractivity contribution in [1.82, 2.24) is 5.32 Å². The molecule has 0 bridgehead atoms. The van der Waals surface area contributed by atoms with Gasteiger partial charge in [-0.25, -0.2) is 0 Å². The molecule has 1 saturated heterocycles. The highest BCUT2D eigenvalue weighted by Gasteiger charge is 2.27. The van der Waals surface area contributed by atoms with Crippen molar-refractivity contribution < 1.29 is 5.11 Å². The third-order valence-electron chi connectivity index (χ3n) is 3.08. The quantitative estimate of drug-likeness (QED) is 0.738. The first-order valence-electron chi connectivity index (χ1n) is 5.19. The van der Waals surface area contributed by atoms with Crippen molar-refractivity contribution in [3.63, 3.8) is 0 Å². The number of hydrogen-bond donors (Lipinski definition) is 2. The Kier molecular flexibility index (Phi) is 2.85. The van der Waals surface area contributed by atoms with Gasteiger partial charge in [0.1, 0.15) is 0 Å². The lowest BCUT2D eigenvalue weighted by Crippen LogP contribution is -2.14. The zero-order valence-corrected chi connectivity index (χ0v) is 8.53. The van der Waals surface area contributed by atoms with Gasteiger partial charge in [-0.15, -0.1) is 0 Å². The zero-order chi connectivity index (χ0) is 9.97. The van der Waals surface area contributed by atoms with Crippen LogP contribution in [0.25, 0.3) is 0 Å². The molecule has 0 radical (unpaired) electrons. The maximum atomic E-state index is 9.21. The lowest BCUT2D eigenvalue weighted by molar-refractivity contribution is 0.226. The highest BCUT2D eigenvalue weighted by Crippen LogP contribution is 2.27. The first-order chi connectivity index (χ1) is 6.81. The van der Waals surface area contributed by atoms with Crippen LogP contribution in [0.2, 0.25) is 0 Å². The van der Waals surface area contributed by atoms with E-state index in [2.05, 4.69) is 36.5 Å². The Morgan fingerprint density at radius 1 is 1.29 bits per heavy atom. The largest absolute Gasteiger partial charge is 0.396 e. The van der Waals surface area contributed by atoms with Crippen LogP contribution in [0, 0.1) is 12.8 Å². The van der Waals surface area contributed by atoms with E-state index >= 15 is 0 Å². The second-order valence-electron chi connectivity index (χ2n) is 4.12. The second-order valence-corrected chi connectivity index (χ2v) is 4.12. The fraction of sp³-hybridized carbons (Fsp3) is 0.500. The molecule has 1 aliphatic rings. The van der Waals surface area contributed by atoms with E-state index in [0.29, 0.717) is 11.8 Å². The fourth-order valence-electron chi connectivity index (χ4n) is 2.13. The molecule has 0 aliphatic carbocycles. The summed E-state index contributed by atoms with van der Waals surface area (Å²) < 4.78 is 0. The summed E-state index contributed by atoms with van der Waals surface area (Å²) in [6.45, 7) is 4.31. The van der Waals surface area contributed by atoms with Crippen LogP contribution >= 0.6 is 0 Å². The highest BCUT2D eigenvalue weighted by molar-refractivity contribution is 5.26. The minimum atomic E-state index is 0.283. The lowest BCUT2D eigenvalue weighted by atomic mass is 9.89. The molecule has 14 heavy (non-hydrogen) atoms. The van der Waals surface area contributed by atoms with Gasteiger partial charge in [0.2, 0.25) is 0 Å². The van der Waals surface area contributed by atoms with E-state index in [4.69, 9.17) is 0 Å². The topological polar surface area (TPSA) is 32.3 Å². The molecule has 1 aromatic carbocycles. The van der Waals surface area contributed by atoms with Gasteiger partial charge in [-0.05, 0) is 12.5 Å². The number of rotatable bonds is 2. The van der Waals surface area contributed by atoms with Crippen LogP contribution in [-0.4, -0.2) is 24.8 Å². The van der Waals surface area contributed by atoms with E-state index in [1.165, 1.54) is 11.1 Å². The summed E-state index contributed by atoms with van der Waals surface area (Å²) in [5, 5.41) is 12.5. The third-order valence-corrected chi connectivity index (χ3v) is 3.08. The van der Waals surface area contributed by atoms with Crippen LogP contribution in [0.3, 0.4) is 0 Å². The summed E-state index contributed by atoms with van der Waals surface area (Å²) in [6.07, 6.45) is 0. The lowest BCUT2D eigenvalue weighted by Gasteiger charge is -2.16. The minimum Gasteiger partial charge on any atom is -0.396 e. The van der Waals surface area contributed by atoms with Crippen molar-refractivity contribution in [3.8, 4) is 0 Å². The van der Waals surface area contributed by atoms with Crippen LogP contribution in [0.4, 0.5) is 0 Å². The number of hydrogen-bond acceptors (Lipinski definition) is 2. The van der Waals surface area contributed by atoms with Crippen LogP contribution in [0.5, 0.6) is 0 Å². The fourth-order valence-corrected chi connectivity index (χ4v) is 2.13. The monoisotopic (exact) mass is 191 g/mol. The summed E-state index contributed by atoms with van der Waals surface area (Å²) >= 11 is 0. The van der Waals surface area contributed by atoms with E-state index in [9.17, 15) is 5.11 Å². The number of aliphatic hydroxyl groups is 1. The molecular formula is C12H17NO. The molecule has 0 saturated carbocycles. The molecule has 2 nitrogen and oxygen atoms in total. The van der Waals surface area contributed by atoms with Gasteiger partial charge in [0.25, 0.3) is 0 Å². The molecule has 2 rings (SSSR count). The Morgan fingerprint density at radius 2 is 2.00 bits per heavy atom. The molecule has 1 aromatic rings. The van der Waals surface area contributed by atoms with Gasteiger partial charge < -0.3 is 10.4 Å². The van der Waals surface area contributed by atoms with E-state index in [0.717, 1.165) is 13.1 Å². The van der Waals surface area contributed by atoms with Crippen LogP contribution < -0.4 is 5.32 Å². The van der Waals surface area contributed by atoms with Crippen LogP contribution in [0.15, 0.2) is 24.3 Å². The predicted octanol–water partition coefficient (Wildman–Crippen LogP) is 1.29. The van der Waals surface area contributed by atoms with Crippen LogP contribution in [-0.2, 0) is 0 Å². The Hall–Kier alpha value is -0.860. The number of nitrogens with one attached hydrogen (secondary N) is 1. The van der Waals surface area contributed by atoms with Crippen molar-refractivity contribution >= 4 is 0 Å². The van der Waals surface area contributed by atoms with Crippen molar-refractivity contribution in [3.05, 3.63) is 35.4 Å². The summed E-state index contributed by atoms with van der Waals surface area (Å²) in [5.41, 5.74) is 2.64. The molecule has 0 spiro atoms. The Balaban J connectivity index is 2.17. The Bertz CT molecular complexity index is 294. The summed E-state index contributed by atoms with van der Waals surface area (Å²) in [4.78, 5) is 0. The average Bonchev–Trinajstić information content (AvgIpc) is 2.67. The van der Waals surface area contributed by atoms with Gasteiger partial charge in [-0.3, -0.25) is 0 Å². The SMILES string of the molecule is Cc1ccc([C@H]2CNC[C@H]2CO)cc1. The van der Waals surface area contributed by atoms with Gasteiger partial charge in [0.05, 0.1) is 0 Å². The molecule has 1 heterocycles. The van der Waals surface area contributed by atoms with E-state index in [1.54, 1.807) is 0 Å². The van der Waals surface area contributed by atoms with E-state index in [1.807, 2.05) is 0 Å². The molecule has 1 aliphatic heterocycles. The van der Waals surface area contributed by atoms with Gasteiger partial charge in [-0.1, -0.05) is 29.8 Å². The second kappa shape index (κ2) is 4.11. The first-order valence-corrected chi connectivity index (χ1v) is 5.19. The van der Waals surface area contributed by atoms with Crippen molar-refractivity contribution in [1.29, 1.82) is 0 Å². The van der Waals surface area contributed by atoms with Gasteiger partial charge in [0, 0.05) is 31.5 Å². The Morgan fingerprint density at radius 3 is 2.64 bits per heavy atom. The van der Waals surface area contributed by atoms with E-state index < -0.39 is 0 Å². The van der Waals surface area contributed by atoms with Gasteiger partial charge in [0.15, 0.2) is 0 Å². The maximum Gasteiger partial charge on any atom is 0.0477 e. The average molecular weight is 191 g/mol. The molecule has 76 valence electrons. The summed E-state index contributed by atoms with van der Waals surface area (Å²) in [6, 6.07) is 8.63. The minimum absolute atomic E-state index is 0.283. The standard InChI is InChI=1S/C12H17NO/c1-9-2-4-10(5-3-9)12-7-13-6-11(12)8-14/h2-5,11-14H,6-8H2,1H3/t11-,12+/m0/s1.